The maximum Gasteiger partial charge on any atom is 0.242 e. The van der Waals surface area contributed by atoms with E-state index in [0.29, 0.717) is 22.2 Å². The summed E-state index contributed by atoms with van der Waals surface area (Å²) in [6, 6.07) is 3.09. The number of rotatable bonds is 4. The molecule has 110 valence electrons. The van der Waals surface area contributed by atoms with Crippen molar-refractivity contribution in [1.82, 2.24) is 5.32 Å². The van der Waals surface area contributed by atoms with Crippen LogP contribution in [0.5, 0.6) is 11.5 Å². The molecule has 1 unspecified atom stereocenters. The lowest BCUT2D eigenvalue weighted by Crippen LogP contribution is -2.46. The van der Waals surface area contributed by atoms with Gasteiger partial charge in [-0.3, -0.25) is 4.79 Å². The smallest absolute Gasteiger partial charge is 0.242 e. The number of carbonyl (C=O) groups excluding carboxylic acids is 1. The van der Waals surface area contributed by atoms with E-state index in [4.69, 9.17) is 21.1 Å². The van der Waals surface area contributed by atoms with E-state index >= 15 is 0 Å². The van der Waals surface area contributed by atoms with Crippen molar-refractivity contribution in [1.29, 1.82) is 0 Å². The van der Waals surface area contributed by atoms with Crippen LogP contribution in [0.15, 0.2) is 12.1 Å². The molecule has 20 heavy (non-hydrogen) atoms. The van der Waals surface area contributed by atoms with E-state index in [1.807, 2.05) is 0 Å². The molecule has 0 aliphatic carbocycles. The summed E-state index contributed by atoms with van der Waals surface area (Å²) in [6.45, 7) is 0.837. The average Bonchev–Trinajstić information content (AvgIpc) is 2.49. The number of halogens is 1. The van der Waals surface area contributed by atoms with Crippen LogP contribution in [0.3, 0.4) is 0 Å². The summed E-state index contributed by atoms with van der Waals surface area (Å²) in [4.78, 5) is 12.2. The van der Waals surface area contributed by atoms with E-state index in [-0.39, 0.29) is 11.9 Å². The number of ether oxygens (including phenoxy) is 2. The van der Waals surface area contributed by atoms with Crippen LogP contribution >= 0.6 is 23.4 Å². The first-order valence-corrected chi connectivity index (χ1v) is 7.72. The molecule has 1 aliphatic heterocycles. The summed E-state index contributed by atoms with van der Waals surface area (Å²) in [5, 5.41) is 6.48. The summed E-state index contributed by atoms with van der Waals surface area (Å²) in [5.74, 6) is 2.71. The molecule has 0 bridgehead atoms. The topological polar surface area (TPSA) is 59.6 Å². The van der Waals surface area contributed by atoms with Crippen LogP contribution in [0.25, 0.3) is 0 Å². The highest BCUT2D eigenvalue weighted by molar-refractivity contribution is 7.99. The van der Waals surface area contributed by atoms with E-state index < -0.39 is 0 Å². The van der Waals surface area contributed by atoms with Gasteiger partial charge in [0.25, 0.3) is 0 Å². The quantitative estimate of drug-likeness (QED) is 0.890. The molecule has 1 atom stereocenters. The second-order valence-electron chi connectivity index (χ2n) is 4.26. The fourth-order valence-electron chi connectivity index (χ4n) is 1.91. The molecule has 1 aliphatic rings. The van der Waals surface area contributed by atoms with Crippen molar-refractivity contribution in [3.05, 3.63) is 17.2 Å². The van der Waals surface area contributed by atoms with Gasteiger partial charge in [0, 0.05) is 30.2 Å². The number of benzene rings is 1. The van der Waals surface area contributed by atoms with E-state index in [0.717, 1.165) is 18.1 Å². The van der Waals surface area contributed by atoms with E-state index in [9.17, 15) is 4.79 Å². The molecule has 0 saturated carbocycles. The van der Waals surface area contributed by atoms with Gasteiger partial charge in [-0.1, -0.05) is 11.6 Å². The number of anilines is 1. The lowest BCUT2D eigenvalue weighted by Gasteiger charge is -2.23. The predicted molar refractivity (Wildman–Crippen MR) is 82.3 cm³/mol. The first-order valence-electron chi connectivity index (χ1n) is 6.19. The van der Waals surface area contributed by atoms with Gasteiger partial charge in [-0.25, -0.2) is 0 Å². The molecular formula is C13H17ClN2O3S. The zero-order valence-electron chi connectivity index (χ0n) is 11.4. The SMILES string of the molecule is COc1cc(NC(=O)C2CSCCN2)c(OC)cc1Cl. The average molecular weight is 317 g/mol. The highest BCUT2D eigenvalue weighted by Crippen LogP contribution is 2.35. The zero-order chi connectivity index (χ0) is 14.5. The number of thioether (sulfide) groups is 1. The van der Waals surface area contributed by atoms with E-state index in [2.05, 4.69) is 10.6 Å². The van der Waals surface area contributed by atoms with Crippen LogP contribution in [0.1, 0.15) is 0 Å². The summed E-state index contributed by atoms with van der Waals surface area (Å²) in [6.07, 6.45) is 0. The molecule has 0 radical (unpaired) electrons. The van der Waals surface area contributed by atoms with Gasteiger partial charge in [0.1, 0.15) is 11.5 Å². The van der Waals surface area contributed by atoms with Crippen molar-refractivity contribution in [2.45, 2.75) is 6.04 Å². The van der Waals surface area contributed by atoms with E-state index in [1.165, 1.54) is 14.2 Å². The fraction of sp³-hybridized carbons (Fsp3) is 0.462. The van der Waals surface area contributed by atoms with Gasteiger partial charge in [0.05, 0.1) is 31.0 Å². The Morgan fingerprint density at radius 1 is 1.40 bits per heavy atom. The second kappa shape index (κ2) is 7.06. The number of methoxy groups -OCH3 is 2. The molecule has 0 aromatic heterocycles. The Morgan fingerprint density at radius 3 is 2.75 bits per heavy atom. The van der Waals surface area contributed by atoms with Crippen LogP contribution in [0, 0.1) is 0 Å². The normalized spacial score (nSPS) is 18.4. The third-order valence-corrected chi connectivity index (χ3v) is 4.33. The molecular weight excluding hydrogens is 300 g/mol. The molecule has 5 nitrogen and oxygen atoms in total. The highest BCUT2D eigenvalue weighted by Gasteiger charge is 2.22. The largest absolute Gasteiger partial charge is 0.495 e. The van der Waals surface area contributed by atoms with Gasteiger partial charge >= 0.3 is 0 Å². The number of hydrogen-bond acceptors (Lipinski definition) is 5. The van der Waals surface area contributed by atoms with Crippen LogP contribution in [-0.4, -0.2) is 44.2 Å². The van der Waals surface area contributed by atoms with Crippen LogP contribution in [-0.2, 0) is 4.79 Å². The van der Waals surface area contributed by atoms with Crippen LogP contribution in [0.2, 0.25) is 5.02 Å². The third-order valence-electron chi connectivity index (χ3n) is 2.97. The minimum atomic E-state index is -0.194. The molecule has 1 amide bonds. The fourth-order valence-corrected chi connectivity index (χ4v) is 3.08. The Balaban J connectivity index is 2.16. The first-order chi connectivity index (χ1) is 9.65. The Labute approximate surface area is 127 Å². The molecule has 2 N–H and O–H groups in total. The van der Waals surface area contributed by atoms with Gasteiger partial charge in [-0.05, 0) is 0 Å². The van der Waals surface area contributed by atoms with Crippen molar-refractivity contribution in [3.63, 3.8) is 0 Å². The molecule has 1 aromatic rings. The van der Waals surface area contributed by atoms with Crippen LogP contribution < -0.4 is 20.1 Å². The second-order valence-corrected chi connectivity index (χ2v) is 5.81. The standard InChI is InChI=1S/C13H17ClN2O3S/c1-18-11-6-9(12(19-2)5-8(11)14)16-13(17)10-7-20-4-3-15-10/h5-6,10,15H,3-4,7H2,1-2H3,(H,16,17). The summed E-state index contributed by atoms with van der Waals surface area (Å²) in [7, 11) is 3.06. The van der Waals surface area contributed by atoms with Crippen LogP contribution in [0.4, 0.5) is 5.69 Å². The maximum atomic E-state index is 12.2. The summed E-state index contributed by atoms with van der Waals surface area (Å²) < 4.78 is 10.4. The number of carbonyl (C=O) groups is 1. The van der Waals surface area contributed by atoms with Crippen molar-refractivity contribution < 1.29 is 14.3 Å². The number of hydrogen-bond donors (Lipinski definition) is 2. The summed E-state index contributed by atoms with van der Waals surface area (Å²) in [5.41, 5.74) is 0.552. The molecule has 1 fully saturated rings. The zero-order valence-corrected chi connectivity index (χ0v) is 12.9. The summed E-state index contributed by atoms with van der Waals surface area (Å²) >= 11 is 7.79. The Bertz CT molecular complexity index is 493. The Morgan fingerprint density at radius 2 is 2.15 bits per heavy atom. The monoisotopic (exact) mass is 316 g/mol. The molecule has 7 heteroatoms. The van der Waals surface area contributed by atoms with Crippen molar-refractivity contribution in [3.8, 4) is 11.5 Å². The van der Waals surface area contributed by atoms with Crippen molar-refractivity contribution in [2.24, 2.45) is 0 Å². The third kappa shape index (κ3) is 3.50. The van der Waals surface area contributed by atoms with Gasteiger partial charge in [0.2, 0.25) is 5.91 Å². The Kier molecular flexibility index (Phi) is 5.39. The first kappa shape index (κ1) is 15.3. The van der Waals surface area contributed by atoms with Crippen molar-refractivity contribution in [2.75, 3.05) is 37.6 Å². The van der Waals surface area contributed by atoms with Crippen molar-refractivity contribution >= 4 is 35.0 Å². The van der Waals surface area contributed by atoms with E-state index in [1.54, 1.807) is 23.9 Å². The highest BCUT2D eigenvalue weighted by atomic mass is 35.5. The number of amides is 1. The molecule has 1 heterocycles. The van der Waals surface area contributed by atoms with Gasteiger partial charge in [0.15, 0.2) is 0 Å². The number of nitrogens with one attached hydrogen (secondary N) is 2. The lowest BCUT2D eigenvalue weighted by molar-refractivity contribution is -0.117. The minimum Gasteiger partial charge on any atom is -0.495 e. The lowest BCUT2D eigenvalue weighted by atomic mass is 10.2. The van der Waals surface area contributed by atoms with Gasteiger partial charge in [-0.15, -0.1) is 0 Å². The molecule has 2 rings (SSSR count). The molecule has 1 aromatic carbocycles. The molecule has 1 saturated heterocycles. The van der Waals surface area contributed by atoms with Gasteiger partial charge < -0.3 is 20.1 Å². The predicted octanol–water partition coefficient (Wildman–Crippen LogP) is 2.00. The minimum absolute atomic E-state index is 0.0834. The Hall–Kier alpha value is -1.11. The van der Waals surface area contributed by atoms with Gasteiger partial charge in [-0.2, -0.15) is 11.8 Å². The maximum absolute atomic E-state index is 12.2. The molecule has 0 spiro atoms.